The van der Waals surface area contributed by atoms with Gasteiger partial charge in [-0.3, -0.25) is 23.4 Å². The van der Waals surface area contributed by atoms with Crippen molar-refractivity contribution in [1.29, 1.82) is 0 Å². The predicted octanol–water partition coefficient (Wildman–Crippen LogP) is 20.1. The van der Waals surface area contributed by atoms with Crippen LogP contribution in [0.5, 0.6) is 0 Å². The third-order valence-electron chi connectivity index (χ3n) is 13.7. The van der Waals surface area contributed by atoms with Crippen LogP contribution in [0.2, 0.25) is 0 Å². The van der Waals surface area contributed by atoms with Gasteiger partial charge >= 0.3 is 25.7 Å². The third kappa shape index (κ3) is 60.7. The van der Waals surface area contributed by atoms with Crippen molar-refractivity contribution in [3.63, 3.8) is 0 Å². The fourth-order valence-corrected chi connectivity index (χ4v) is 9.53. The molecule has 0 heterocycles. The molecule has 0 aliphatic carbocycles. The highest BCUT2D eigenvalue weighted by Crippen LogP contribution is 2.43. The van der Waals surface area contributed by atoms with E-state index in [1.165, 1.54) is 83.5 Å². The molecule has 0 saturated heterocycles. The number of esters is 3. The zero-order chi connectivity index (χ0) is 59.8. The lowest BCUT2D eigenvalue weighted by Gasteiger charge is -2.21. The van der Waals surface area contributed by atoms with Gasteiger partial charge in [0.25, 0.3) is 0 Å². The number of rotatable bonds is 60. The van der Waals surface area contributed by atoms with Gasteiger partial charge in [-0.1, -0.05) is 246 Å². The van der Waals surface area contributed by atoms with Crippen molar-refractivity contribution in [2.45, 2.75) is 290 Å². The topological polar surface area (TPSA) is 155 Å². The molecule has 0 fully saturated rings. The Labute approximate surface area is 501 Å². The molecule has 0 aliphatic rings. The largest absolute Gasteiger partial charge is 0.472 e. The van der Waals surface area contributed by atoms with Crippen LogP contribution in [0.25, 0.3) is 0 Å². The Kier molecular flexibility index (Phi) is 60.2. The molecule has 0 aliphatic heterocycles. The molecule has 0 spiro atoms. The first-order valence-electron chi connectivity index (χ1n) is 32.8. The minimum absolute atomic E-state index is 0.141. The second kappa shape index (κ2) is 63.2. The van der Waals surface area contributed by atoms with Crippen molar-refractivity contribution in [1.82, 2.24) is 0 Å². The van der Waals surface area contributed by atoms with E-state index >= 15 is 0 Å². The molecular formula is C70H119O11P. The lowest BCUT2D eigenvalue weighted by atomic mass is 10.1. The molecule has 0 aromatic heterocycles. The number of aliphatic hydroxyl groups excluding tert-OH is 1. The SMILES string of the molecule is CC/C=C\C/C=C\C/C=C\C/C=C\CCCCCCCCC(=O)OC(COC(=O)CCCCCC/C=C\C/C=C\C/C=C\C/C=C\CC)COP(=O)(O)OCC(CO)OC(=O)CCCCCCCCCCC/C=C\CCCCCCCC. The third-order valence-corrected chi connectivity index (χ3v) is 14.6. The van der Waals surface area contributed by atoms with Gasteiger partial charge < -0.3 is 24.2 Å². The number of unbranched alkanes of at least 4 members (excludes halogenated alkanes) is 25. The highest BCUT2D eigenvalue weighted by Gasteiger charge is 2.28. The Morgan fingerprint density at radius 1 is 0.354 bits per heavy atom. The zero-order valence-electron chi connectivity index (χ0n) is 52.2. The van der Waals surface area contributed by atoms with Crippen molar-refractivity contribution in [3.05, 3.63) is 109 Å². The van der Waals surface area contributed by atoms with Gasteiger partial charge in [0.05, 0.1) is 19.8 Å². The summed E-state index contributed by atoms with van der Waals surface area (Å²) in [7, 11) is -4.77. The molecule has 3 unspecified atom stereocenters. The highest BCUT2D eigenvalue weighted by molar-refractivity contribution is 7.47. The van der Waals surface area contributed by atoms with E-state index in [-0.39, 0.29) is 25.9 Å². The number of aliphatic hydroxyl groups is 1. The Morgan fingerprint density at radius 3 is 0.988 bits per heavy atom. The van der Waals surface area contributed by atoms with E-state index < -0.39 is 57.8 Å². The van der Waals surface area contributed by atoms with Crippen LogP contribution in [-0.2, 0) is 42.2 Å². The lowest BCUT2D eigenvalue weighted by Crippen LogP contribution is -2.30. The number of phosphoric ester groups is 1. The molecule has 3 atom stereocenters. The quantitative estimate of drug-likeness (QED) is 0.0197. The van der Waals surface area contributed by atoms with E-state index in [1.54, 1.807) is 0 Å². The van der Waals surface area contributed by atoms with Crippen LogP contribution in [0.1, 0.15) is 278 Å². The smallest absolute Gasteiger partial charge is 0.462 e. The zero-order valence-corrected chi connectivity index (χ0v) is 53.1. The van der Waals surface area contributed by atoms with Gasteiger partial charge in [-0.25, -0.2) is 4.57 Å². The first kappa shape index (κ1) is 78.1. The molecule has 82 heavy (non-hydrogen) atoms. The van der Waals surface area contributed by atoms with E-state index in [1.807, 2.05) is 0 Å². The monoisotopic (exact) mass is 1170 g/mol. The molecule has 0 bridgehead atoms. The highest BCUT2D eigenvalue weighted by atomic mass is 31.2. The summed E-state index contributed by atoms with van der Waals surface area (Å²) >= 11 is 0. The molecule has 0 radical (unpaired) electrons. The van der Waals surface area contributed by atoms with E-state index in [2.05, 4.69) is 130 Å². The minimum atomic E-state index is -4.77. The van der Waals surface area contributed by atoms with Gasteiger partial charge in [-0.2, -0.15) is 0 Å². The van der Waals surface area contributed by atoms with Gasteiger partial charge in [0, 0.05) is 19.3 Å². The van der Waals surface area contributed by atoms with Crippen molar-refractivity contribution < 1.29 is 52.2 Å². The number of hydrogen-bond donors (Lipinski definition) is 2. The van der Waals surface area contributed by atoms with E-state index in [0.717, 1.165) is 135 Å². The molecule has 0 amide bonds. The fraction of sp³-hybridized carbons (Fsp3) is 0.700. The van der Waals surface area contributed by atoms with E-state index in [9.17, 15) is 28.9 Å². The average molecular weight is 1170 g/mol. The van der Waals surface area contributed by atoms with Crippen LogP contribution in [-0.4, -0.2) is 66.5 Å². The van der Waals surface area contributed by atoms with Crippen LogP contribution in [0.4, 0.5) is 0 Å². The van der Waals surface area contributed by atoms with Crippen molar-refractivity contribution in [3.8, 4) is 0 Å². The van der Waals surface area contributed by atoms with Crippen molar-refractivity contribution in [2.75, 3.05) is 26.4 Å². The summed E-state index contributed by atoms with van der Waals surface area (Å²) in [6, 6.07) is 0. The van der Waals surface area contributed by atoms with Gasteiger partial charge in [0.1, 0.15) is 12.7 Å². The van der Waals surface area contributed by atoms with Crippen LogP contribution < -0.4 is 0 Å². The van der Waals surface area contributed by atoms with Crippen LogP contribution in [0.3, 0.4) is 0 Å². The summed E-state index contributed by atoms with van der Waals surface area (Å²) in [4.78, 5) is 48.8. The summed E-state index contributed by atoms with van der Waals surface area (Å²) in [6.45, 7) is 4.40. The Morgan fingerprint density at radius 2 is 0.634 bits per heavy atom. The van der Waals surface area contributed by atoms with E-state index in [0.29, 0.717) is 19.3 Å². The number of phosphoric acid groups is 1. The first-order chi connectivity index (χ1) is 40.2. The Hall–Kier alpha value is -3.86. The molecule has 12 heteroatoms. The molecule has 470 valence electrons. The van der Waals surface area contributed by atoms with Gasteiger partial charge in [0.2, 0.25) is 0 Å². The maximum absolute atomic E-state index is 13.0. The fourth-order valence-electron chi connectivity index (χ4n) is 8.75. The lowest BCUT2D eigenvalue weighted by molar-refractivity contribution is -0.161. The molecule has 0 saturated carbocycles. The molecule has 0 rings (SSSR count). The number of allylic oxidation sites excluding steroid dienone is 18. The molecule has 0 aromatic carbocycles. The summed E-state index contributed by atoms with van der Waals surface area (Å²) in [5.74, 6) is -1.51. The number of hydrogen-bond acceptors (Lipinski definition) is 10. The van der Waals surface area contributed by atoms with Gasteiger partial charge in [0.15, 0.2) is 6.10 Å². The maximum Gasteiger partial charge on any atom is 0.472 e. The second-order valence-electron chi connectivity index (χ2n) is 21.5. The first-order valence-corrected chi connectivity index (χ1v) is 34.3. The van der Waals surface area contributed by atoms with Crippen molar-refractivity contribution >= 4 is 25.7 Å². The Bertz CT molecular complexity index is 1790. The molecule has 2 N–H and O–H groups in total. The number of ether oxygens (including phenoxy) is 3. The number of carbonyl (C=O) groups is 3. The van der Waals surface area contributed by atoms with Crippen LogP contribution in [0, 0.1) is 0 Å². The summed E-state index contributed by atoms with van der Waals surface area (Å²) in [5, 5.41) is 9.87. The van der Waals surface area contributed by atoms with Gasteiger partial charge in [-0.05, 0) is 122 Å². The van der Waals surface area contributed by atoms with Crippen molar-refractivity contribution in [2.24, 2.45) is 0 Å². The normalized spacial score (nSPS) is 14.0. The number of carbonyl (C=O) groups excluding carboxylic acids is 3. The maximum atomic E-state index is 13.0. The predicted molar refractivity (Wildman–Crippen MR) is 343 cm³/mol. The second-order valence-corrected chi connectivity index (χ2v) is 23.0. The minimum Gasteiger partial charge on any atom is -0.462 e. The standard InChI is InChI=1S/C70H119O11P/c1-4-7-10-13-16-19-22-25-28-31-33-36-39-42-45-48-51-54-57-60-69(73)80-66(62-71)64-78-82(75,76)79-65-67(63-77-68(72)59-56-53-50-47-44-41-38-35-30-27-24-21-18-15-12-9-6-3)81-70(74)61-58-55-52-49-46-43-40-37-34-32-29-26-23-20-17-14-11-8-5-2/h8-9,11-12,17-18,20-21,25-30,34,37-38,41,66-67,71H,4-7,10,13-16,19,22-24,31-33,35-36,39-40,42-65H2,1-3H3,(H,75,76)/b11-8-,12-9-,20-17-,21-18-,28-25-,29-26-,30-27-,37-34-,41-38-. The summed E-state index contributed by atoms with van der Waals surface area (Å²) in [6.07, 6.45) is 77.5. The summed E-state index contributed by atoms with van der Waals surface area (Å²) < 4.78 is 39.7. The van der Waals surface area contributed by atoms with E-state index in [4.69, 9.17) is 23.3 Å². The van der Waals surface area contributed by atoms with Gasteiger partial charge in [-0.15, -0.1) is 0 Å². The molecular weight excluding hydrogens is 1050 g/mol. The summed E-state index contributed by atoms with van der Waals surface area (Å²) in [5.41, 5.74) is 0. The average Bonchev–Trinajstić information content (AvgIpc) is 3.50. The van der Waals surface area contributed by atoms with Crippen LogP contribution in [0.15, 0.2) is 109 Å². The molecule has 11 nitrogen and oxygen atoms in total. The molecule has 0 aromatic rings. The van der Waals surface area contributed by atoms with Crippen LogP contribution >= 0.6 is 7.82 Å². The Balaban J connectivity index is 4.74.